The summed E-state index contributed by atoms with van der Waals surface area (Å²) in [4.78, 5) is 27.7. The van der Waals surface area contributed by atoms with Crippen LogP contribution in [0.15, 0.2) is 72.8 Å². The molecule has 0 fully saturated rings. The normalized spacial score (nSPS) is 11.3. The summed E-state index contributed by atoms with van der Waals surface area (Å²) in [5.41, 5.74) is 2.65. The van der Waals surface area contributed by atoms with Crippen molar-refractivity contribution < 1.29 is 23.8 Å². The average Bonchev–Trinajstić information content (AvgIpc) is 2.89. The maximum atomic E-state index is 13.4. The second-order valence-corrected chi connectivity index (χ2v) is 8.04. The Kier molecular flexibility index (Phi) is 9.12. The van der Waals surface area contributed by atoms with Crippen LogP contribution in [0.5, 0.6) is 17.2 Å². The van der Waals surface area contributed by atoms with E-state index in [1.165, 1.54) is 6.92 Å². The Balaban J connectivity index is 1.77. The average molecular weight is 477 g/mol. The van der Waals surface area contributed by atoms with E-state index >= 15 is 0 Å². The molecule has 3 aromatic rings. The molecule has 0 bridgehead atoms. The Morgan fingerprint density at radius 2 is 1.49 bits per heavy atom. The van der Waals surface area contributed by atoms with E-state index in [0.717, 1.165) is 22.4 Å². The fourth-order valence-corrected chi connectivity index (χ4v) is 3.88. The zero-order valence-electron chi connectivity index (χ0n) is 20.6. The van der Waals surface area contributed by atoms with E-state index in [0.29, 0.717) is 31.0 Å². The van der Waals surface area contributed by atoms with Gasteiger partial charge in [0.15, 0.2) is 11.5 Å². The van der Waals surface area contributed by atoms with Gasteiger partial charge in [0.05, 0.1) is 21.3 Å². The zero-order valence-corrected chi connectivity index (χ0v) is 20.6. The highest BCUT2D eigenvalue weighted by Crippen LogP contribution is 2.28. The Labute approximate surface area is 206 Å². The maximum Gasteiger partial charge on any atom is 0.247 e. The number of amides is 2. The van der Waals surface area contributed by atoms with Crippen molar-refractivity contribution in [1.29, 1.82) is 0 Å². The van der Waals surface area contributed by atoms with Gasteiger partial charge >= 0.3 is 0 Å². The minimum atomic E-state index is -0.763. The van der Waals surface area contributed by atoms with Crippen LogP contribution in [0.4, 0.5) is 0 Å². The van der Waals surface area contributed by atoms with E-state index in [9.17, 15) is 9.59 Å². The smallest absolute Gasteiger partial charge is 0.247 e. The molecule has 3 rings (SSSR count). The summed E-state index contributed by atoms with van der Waals surface area (Å²) in [6, 6.07) is 21.7. The van der Waals surface area contributed by atoms with Crippen molar-refractivity contribution in [2.24, 2.45) is 0 Å². The lowest BCUT2D eigenvalue weighted by molar-refractivity contribution is -0.140. The summed E-state index contributed by atoms with van der Waals surface area (Å²) in [5, 5.41) is 3.01. The van der Waals surface area contributed by atoms with E-state index in [2.05, 4.69) is 5.32 Å². The molecule has 0 radical (unpaired) electrons. The van der Waals surface area contributed by atoms with Gasteiger partial charge in [-0.2, -0.15) is 0 Å². The first-order valence-corrected chi connectivity index (χ1v) is 11.4. The number of ether oxygens (including phenoxy) is 3. The van der Waals surface area contributed by atoms with Gasteiger partial charge in [0.2, 0.25) is 11.8 Å². The molecule has 0 aliphatic rings. The van der Waals surface area contributed by atoms with Gasteiger partial charge in [-0.3, -0.25) is 9.59 Å². The molecule has 3 aromatic carbocycles. The molecule has 35 heavy (non-hydrogen) atoms. The SMILES string of the molecule is COc1ccc(CN(C(C)=O)[C@@H](C(=O)NCCc2ccc(OC)c(OC)c2)c2ccccc2)cc1. The van der Waals surface area contributed by atoms with Crippen molar-refractivity contribution >= 4 is 11.8 Å². The van der Waals surface area contributed by atoms with Crippen LogP contribution >= 0.6 is 0 Å². The zero-order chi connectivity index (χ0) is 25.2. The topological polar surface area (TPSA) is 77.1 Å². The van der Waals surface area contributed by atoms with E-state index in [1.54, 1.807) is 26.2 Å². The monoisotopic (exact) mass is 476 g/mol. The third-order valence-corrected chi connectivity index (χ3v) is 5.75. The molecule has 2 amide bonds. The predicted molar refractivity (Wildman–Crippen MR) is 135 cm³/mol. The fraction of sp³-hybridized carbons (Fsp3) is 0.286. The molecular weight excluding hydrogens is 444 g/mol. The second-order valence-electron chi connectivity index (χ2n) is 8.04. The summed E-state index contributed by atoms with van der Waals surface area (Å²) in [6.45, 7) is 2.18. The van der Waals surface area contributed by atoms with Crippen molar-refractivity contribution in [2.45, 2.75) is 25.9 Å². The molecule has 0 spiro atoms. The summed E-state index contributed by atoms with van der Waals surface area (Å²) in [7, 11) is 4.79. The summed E-state index contributed by atoms with van der Waals surface area (Å²) in [5.74, 6) is 1.60. The highest BCUT2D eigenvalue weighted by Gasteiger charge is 2.29. The van der Waals surface area contributed by atoms with Crippen molar-refractivity contribution in [3.63, 3.8) is 0 Å². The standard InChI is InChI=1S/C28H32N2O5/c1-20(31)30(19-22-10-13-24(33-2)14-11-22)27(23-8-6-5-7-9-23)28(32)29-17-16-21-12-15-25(34-3)26(18-21)35-4/h5-15,18,27H,16-17,19H2,1-4H3,(H,29,32)/t27-/m1/s1. The first-order chi connectivity index (χ1) is 17.0. The Bertz CT molecular complexity index is 1120. The number of nitrogens with one attached hydrogen (secondary N) is 1. The lowest BCUT2D eigenvalue weighted by Crippen LogP contribution is -2.43. The molecule has 0 aliphatic carbocycles. The van der Waals surface area contributed by atoms with Gasteiger partial charge in [0, 0.05) is 20.0 Å². The molecule has 0 heterocycles. The van der Waals surface area contributed by atoms with Gasteiger partial charge in [-0.05, 0) is 47.4 Å². The van der Waals surface area contributed by atoms with Gasteiger partial charge in [0.25, 0.3) is 0 Å². The van der Waals surface area contributed by atoms with Crippen LogP contribution in [0, 0.1) is 0 Å². The Hall–Kier alpha value is -4.00. The van der Waals surface area contributed by atoms with E-state index in [-0.39, 0.29) is 11.8 Å². The van der Waals surface area contributed by atoms with Crippen molar-refractivity contribution in [3.05, 3.63) is 89.5 Å². The number of hydrogen-bond donors (Lipinski definition) is 1. The molecular formula is C28H32N2O5. The fourth-order valence-electron chi connectivity index (χ4n) is 3.88. The molecule has 0 aliphatic heterocycles. The van der Waals surface area contributed by atoms with Crippen molar-refractivity contribution in [2.75, 3.05) is 27.9 Å². The van der Waals surface area contributed by atoms with Crippen molar-refractivity contribution in [1.82, 2.24) is 10.2 Å². The maximum absolute atomic E-state index is 13.4. The molecule has 0 saturated heterocycles. The molecule has 7 heteroatoms. The van der Waals surface area contributed by atoms with Crippen LogP contribution in [0.1, 0.15) is 29.7 Å². The minimum Gasteiger partial charge on any atom is -0.497 e. The van der Waals surface area contributed by atoms with Gasteiger partial charge in [0.1, 0.15) is 11.8 Å². The Morgan fingerprint density at radius 1 is 0.829 bits per heavy atom. The van der Waals surface area contributed by atoms with E-state index in [4.69, 9.17) is 14.2 Å². The first kappa shape index (κ1) is 25.6. The second kappa shape index (κ2) is 12.5. The van der Waals surface area contributed by atoms with Gasteiger partial charge in [-0.15, -0.1) is 0 Å². The van der Waals surface area contributed by atoms with Crippen LogP contribution in [0.2, 0.25) is 0 Å². The van der Waals surface area contributed by atoms with E-state index < -0.39 is 6.04 Å². The first-order valence-electron chi connectivity index (χ1n) is 11.4. The summed E-state index contributed by atoms with van der Waals surface area (Å²) < 4.78 is 15.9. The van der Waals surface area contributed by atoms with E-state index in [1.807, 2.05) is 72.8 Å². The van der Waals surface area contributed by atoms with Crippen LogP contribution in [-0.2, 0) is 22.6 Å². The van der Waals surface area contributed by atoms with Gasteiger partial charge in [-0.25, -0.2) is 0 Å². The largest absolute Gasteiger partial charge is 0.497 e. The number of hydrogen-bond acceptors (Lipinski definition) is 5. The summed E-state index contributed by atoms with van der Waals surface area (Å²) >= 11 is 0. The molecule has 0 unspecified atom stereocenters. The lowest BCUT2D eigenvalue weighted by Gasteiger charge is -2.30. The number of methoxy groups -OCH3 is 3. The molecule has 1 N–H and O–H groups in total. The molecule has 0 aromatic heterocycles. The lowest BCUT2D eigenvalue weighted by atomic mass is 10.0. The van der Waals surface area contributed by atoms with Crippen LogP contribution < -0.4 is 19.5 Å². The number of carbonyl (C=O) groups excluding carboxylic acids is 2. The quantitative estimate of drug-likeness (QED) is 0.450. The summed E-state index contributed by atoms with van der Waals surface area (Å²) in [6.07, 6.45) is 0.603. The van der Waals surface area contributed by atoms with Gasteiger partial charge < -0.3 is 24.4 Å². The number of benzene rings is 3. The van der Waals surface area contributed by atoms with Crippen molar-refractivity contribution in [3.8, 4) is 17.2 Å². The number of carbonyl (C=O) groups is 2. The molecule has 0 saturated carbocycles. The number of rotatable bonds is 11. The van der Waals surface area contributed by atoms with Crippen LogP contribution in [-0.4, -0.2) is 44.6 Å². The molecule has 7 nitrogen and oxygen atoms in total. The number of nitrogens with zero attached hydrogens (tertiary/aromatic N) is 1. The molecule has 1 atom stereocenters. The molecule has 184 valence electrons. The minimum absolute atomic E-state index is 0.190. The Morgan fingerprint density at radius 3 is 2.09 bits per heavy atom. The third kappa shape index (κ3) is 6.76. The van der Waals surface area contributed by atoms with Crippen LogP contribution in [0.3, 0.4) is 0 Å². The third-order valence-electron chi connectivity index (χ3n) is 5.75. The highest BCUT2D eigenvalue weighted by atomic mass is 16.5. The highest BCUT2D eigenvalue weighted by molar-refractivity contribution is 5.88. The van der Waals surface area contributed by atoms with Crippen LogP contribution in [0.25, 0.3) is 0 Å². The van der Waals surface area contributed by atoms with Gasteiger partial charge in [-0.1, -0.05) is 48.5 Å². The predicted octanol–water partition coefficient (Wildman–Crippen LogP) is 4.16.